The van der Waals surface area contributed by atoms with Crippen LogP contribution in [-0.2, 0) is 25.3 Å². The molecule has 0 aliphatic carbocycles. The average Bonchev–Trinajstić information content (AvgIpc) is 3.06. The lowest BCUT2D eigenvalue weighted by Gasteiger charge is -2.09. The molecule has 0 aliphatic rings. The van der Waals surface area contributed by atoms with Gasteiger partial charge in [0, 0.05) is 43.8 Å². The number of para-hydroxylation sites is 1. The van der Waals surface area contributed by atoms with Crippen molar-refractivity contribution in [2.45, 2.75) is 12.5 Å². The first-order valence-corrected chi connectivity index (χ1v) is 8.11. The molecule has 140 valence electrons. The van der Waals surface area contributed by atoms with Crippen LogP contribution in [-0.4, -0.2) is 42.6 Å². The van der Waals surface area contributed by atoms with Gasteiger partial charge < -0.3 is 15.2 Å². The maximum Gasteiger partial charge on any atom is 0.333 e. The Labute approximate surface area is 152 Å². The highest BCUT2D eigenvalue weighted by molar-refractivity contribution is 5.87. The van der Waals surface area contributed by atoms with E-state index in [0.29, 0.717) is 0 Å². The maximum absolute atomic E-state index is 12.2. The molecule has 27 heavy (non-hydrogen) atoms. The molecule has 0 saturated heterocycles. The minimum absolute atomic E-state index is 0.0999. The lowest BCUT2D eigenvalue weighted by Crippen LogP contribution is -2.38. The molecule has 2 aromatic heterocycles. The number of hydrogen-bond acceptors (Lipinski definition) is 5. The molecule has 0 bridgehead atoms. The lowest BCUT2D eigenvalue weighted by molar-refractivity contribution is -0.138. The summed E-state index contributed by atoms with van der Waals surface area (Å²) in [4.78, 5) is 42.6. The number of aromatic nitrogens is 3. The summed E-state index contributed by atoms with van der Waals surface area (Å²) in [6, 6.07) is 6.31. The van der Waals surface area contributed by atoms with Crippen LogP contribution in [0.4, 0.5) is 0 Å². The van der Waals surface area contributed by atoms with E-state index in [1.54, 1.807) is 6.20 Å². The number of rotatable bonds is 5. The summed E-state index contributed by atoms with van der Waals surface area (Å²) in [6.45, 7) is 0. The highest BCUT2D eigenvalue weighted by Crippen LogP contribution is 2.20. The van der Waals surface area contributed by atoms with Gasteiger partial charge in [-0.25, -0.2) is 9.59 Å². The highest BCUT2D eigenvalue weighted by Gasteiger charge is 2.20. The number of H-pyrrole nitrogens is 1. The second-order valence-corrected chi connectivity index (χ2v) is 6.14. The zero-order valence-electron chi connectivity index (χ0n) is 14.7. The number of aromatic amines is 1. The van der Waals surface area contributed by atoms with Crippen LogP contribution in [0.1, 0.15) is 11.1 Å². The molecule has 3 N–H and O–H groups in total. The molecule has 9 heteroatoms. The number of nitrogens with one attached hydrogen (secondary N) is 1. The fraction of sp³-hybridized carbons (Fsp3) is 0.222. The molecule has 0 fully saturated rings. The standard InChI is InChI=1S/C18H18N4O5/c1-21-15(23)12(16(24)22(2)18(21)27)9-20-14(17(25)26)7-10-8-19-13-6-4-3-5-11(10)13/h3-6,8-9,14,19,23H,7H2,1-2H3,(H,25,26)/t14-/m0/s1. The predicted molar refractivity (Wildman–Crippen MR) is 99.6 cm³/mol. The van der Waals surface area contributed by atoms with Crippen molar-refractivity contribution in [2.75, 3.05) is 0 Å². The Morgan fingerprint density at radius 2 is 1.96 bits per heavy atom. The molecular weight excluding hydrogens is 352 g/mol. The van der Waals surface area contributed by atoms with Crippen molar-refractivity contribution in [1.29, 1.82) is 0 Å². The summed E-state index contributed by atoms with van der Waals surface area (Å²) in [5, 5.41) is 20.4. The molecule has 1 aromatic carbocycles. The van der Waals surface area contributed by atoms with E-state index in [0.717, 1.165) is 31.8 Å². The van der Waals surface area contributed by atoms with Gasteiger partial charge in [-0.3, -0.25) is 18.9 Å². The summed E-state index contributed by atoms with van der Waals surface area (Å²) in [5.74, 6) is -1.74. The van der Waals surface area contributed by atoms with Crippen LogP contribution in [0.15, 0.2) is 45.0 Å². The lowest BCUT2D eigenvalue weighted by atomic mass is 10.1. The Morgan fingerprint density at radius 3 is 2.67 bits per heavy atom. The molecule has 2 heterocycles. The number of carboxylic acid groups (broad SMARTS) is 1. The van der Waals surface area contributed by atoms with Crippen LogP contribution < -0.4 is 11.2 Å². The number of fused-ring (bicyclic) bond motifs is 1. The van der Waals surface area contributed by atoms with Crippen molar-refractivity contribution < 1.29 is 15.0 Å². The smallest absolute Gasteiger partial charge is 0.333 e. The Hall–Kier alpha value is -3.62. The second-order valence-electron chi connectivity index (χ2n) is 6.14. The molecule has 0 amide bonds. The van der Waals surface area contributed by atoms with Crippen LogP contribution in [0.2, 0.25) is 0 Å². The summed E-state index contributed by atoms with van der Waals surface area (Å²) in [7, 11) is 2.57. The van der Waals surface area contributed by atoms with Gasteiger partial charge in [0.15, 0.2) is 6.04 Å². The van der Waals surface area contributed by atoms with Crippen LogP contribution in [0, 0.1) is 0 Å². The number of benzene rings is 1. The molecule has 1 atom stereocenters. The van der Waals surface area contributed by atoms with Gasteiger partial charge >= 0.3 is 11.7 Å². The molecule has 0 unspecified atom stereocenters. The van der Waals surface area contributed by atoms with Crippen LogP contribution in [0.25, 0.3) is 10.9 Å². The number of carboxylic acids is 1. The molecule has 0 aliphatic heterocycles. The Kier molecular flexibility index (Phi) is 4.68. The first-order chi connectivity index (χ1) is 12.8. The van der Waals surface area contributed by atoms with Crippen LogP contribution >= 0.6 is 0 Å². The van der Waals surface area contributed by atoms with Crippen molar-refractivity contribution in [3.05, 3.63) is 62.4 Å². The van der Waals surface area contributed by atoms with E-state index >= 15 is 0 Å². The first kappa shape index (κ1) is 18.2. The van der Waals surface area contributed by atoms with Crippen molar-refractivity contribution in [1.82, 2.24) is 14.1 Å². The maximum atomic E-state index is 12.2. The van der Waals surface area contributed by atoms with Crippen LogP contribution in [0.5, 0.6) is 5.88 Å². The van der Waals surface area contributed by atoms with Gasteiger partial charge in [0.05, 0.1) is 0 Å². The molecule has 3 rings (SSSR count). The van der Waals surface area contributed by atoms with Gasteiger partial charge in [0.25, 0.3) is 5.56 Å². The molecule has 0 saturated carbocycles. The molecule has 0 spiro atoms. The first-order valence-electron chi connectivity index (χ1n) is 8.11. The minimum atomic E-state index is -1.17. The third-order valence-electron chi connectivity index (χ3n) is 4.42. The van der Waals surface area contributed by atoms with E-state index in [1.807, 2.05) is 24.3 Å². The number of aromatic hydroxyl groups is 1. The van der Waals surface area contributed by atoms with E-state index in [9.17, 15) is 24.6 Å². The molecule has 3 aromatic rings. The average molecular weight is 370 g/mol. The van der Waals surface area contributed by atoms with Gasteiger partial charge in [0.1, 0.15) is 5.56 Å². The van der Waals surface area contributed by atoms with Gasteiger partial charge in [-0.1, -0.05) is 18.2 Å². The molecular formula is C18H18N4O5. The van der Waals surface area contributed by atoms with Crippen LogP contribution in [0.3, 0.4) is 0 Å². The fourth-order valence-corrected chi connectivity index (χ4v) is 2.85. The normalized spacial score (nSPS) is 12.7. The van der Waals surface area contributed by atoms with Gasteiger partial charge in [-0.15, -0.1) is 0 Å². The van der Waals surface area contributed by atoms with E-state index in [2.05, 4.69) is 9.98 Å². The predicted octanol–water partition coefficient (Wildman–Crippen LogP) is 0.386. The Balaban J connectivity index is 1.98. The topological polar surface area (TPSA) is 130 Å². The zero-order valence-corrected chi connectivity index (χ0v) is 14.7. The Morgan fingerprint density at radius 1 is 1.26 bits per heavy atom. The zero-order chi connectivity index (χ0) is 19.7. The minimum Gasteiger partial charge on any atom is -0.494 e. The fourth-order valence-electron chi connectivity index (χ4n) is 2.85. The quantitative estimate of drug-likeness (QED) is 0.559. The number of carbonyl (C=O) groups is 1. The summed E-state index contributed by atoms with van der Waals surface area (Å²) in [5.41, 5.74) is -0.0403. The van der Waals surface area contributed by atoms with E-state index in [1.165, 1.54) is 14.1 Å². The van der Waals surface area contributed by atoms with E-state index in [-0.39, 0.29) is 12.0 Å². The number of nitrogens with zero attached hydrogens (tertiary/aromatic N) is 3. The number of aliphatic imine (C=N–C) groups is 1. The van der Waals surface area contributed by atoms with Crippen molar-refractivity contribution in [3.63, 3.8) is 0 Å². The van der Waals surface area contributed by atoms with Gasteiger partial charge in [-0.05, 0) is 11.6 Å². The van der Waals surface area contributed by atoms with E-state index < -0.39 is 29.1 Å². The SMILES string of the molecule is Cn1c(O)c(C=N[C@@H](Cc2c[nH]c3ccccc23)C(=O)O)c(=O)n(C)c1=O. The highest BCUT2D eigenvalue weighted by atomic mass is 16.4. The van der Waals surface area contributed by atoms with Crippen molar-refractivity contribution in [3.8, 4) is 5.88 Å². The third kappa shape index (κ3) is 3.26. The van der Waals surface area contributed by atoms with Gasteiger partial charge in [-0.2, -0.15) is 0 Å². The summed E-state index contributed by atoms with van der Waals surface area (Å²) in [6.07, 6.45) is 2.83. The van der Waals surface area contributed by atoms with Gasteiger partial charge in [0.2, 0.25) is 5.88 Å². The summed E-state index contributed by atoms with van der Waals surface area (Å²) >= 11 is 0. The Bertz CT molecular complexity index is 1170. The monoisotopic (exact) mass is 370 g/mol. The molecule has 9 nitrogen and oxygen atoms in total. The number of aliphatic carboxylic acids is 1. The summed E-state index contributed by atoms with van der Waals surface area (Å²) < 4.78 is 1.70. The molecule has 0 radical (unpaired) electrons. The largest absolute Gasteiger partial charge is 0.494 e. The third-order valence-corrected chi connectivity index (χ3v) is 4.42. The number of hydrogen-bond donors (Lipinski definition) is 3. The van der Waals surface area contributed by atoms with Crippen molar-refractivity contribution in [2.24, 2.45) is 19.1 Å². The van der Waals surface area contributed by atoms with Crippen molar-refractivity contribution >= 4 is 23.1 Å². The second kappa shape index (κ2) is 6.94. The van der Waals surface area contributed by atoms with E-state index in [4.69, 9.17) is 0 Å².